The monoisotopic (exact) mass is 290 g/mol. The Morgan fingerprint density at radius 3 is 2.71 bits per heavy atom. The summed E-state index contributed by atoms with van der Waals surface area (Å²) in [7, 11) is 1.69. The zero-order valence-electron chi connectivity index (χ0n) is 13.1. The van der Waals surface area contributed by atoms with Gasteiger partial charge in [0.1, 0.15) is 18.2 Å². The van der Waals surface area contributed by atoms with Crippen molar-refractivity contribution in [3.05, 3.63) is 11.9 Å². The van der Waals surface area contributed by atoms with Crippen LogP contribution in [0.4, 0.5) is 11.6 Å². The van der Waals surface area contributed by atoms with Crippen LogP contribution in [0.15, 0.2) is 6.07 Å². The summed E-state index contributed by atoms with van der Waals surface area (Å²) < 4.78 is 5.22. The highest BCUT2D eigenvalue weighted by Crippen LogP contribution is 2.37. The SMILES string of the molecule is CCCNc1cc(N(CC2CC2)C2CC2)nc(COC)n1. The van der Waals surface area contributed by atoms with Gasteiger partial charge in [0.2, 0.25) is 0 Å². The minimum absolute atomic E-state index is 0.469. The van der Waals surface area contributed by atoms with Crippen molar-refractivity contribution in [1.29, 1.82) is 0 Å². The molecular formula is C16H26N4O. The van der Waals surface area contributed by atoms with Crippen molar-refractivity contribution in [3.63, 3.8) is 0 Å². The lowest BCUT2D eigenvalue weighted by molar-refractivity contribution is 0.178. The molecule has 0 unspecified atom stereocenters. The number of rotatable bonds is 9. The van der Waals surface area contributed by atoms with Crippen molar-refractivity contribution < 1.29 is 4.74 Å². The van der Waals surface area contributed by atoms with Gasteiger partial charge in [0, 0.05) is 32.3 Å². The molecule has 21 heavy (non-hydrogen) atoms. The summed E-state index contributed by atoms with van der Waals surface area (Å²) in [5, 5.41) is 3.38. The molecule has 0 radical (unpaired) electrons. The van der Waals surface area contributed by atoms with Gasteiger partial charge in [-0.05, 0) is 38.0 Å². The van der Waals surface area contributed by atoms with Crippen LogP contribution in [0.25, 0.3) is 0 Å². The van der Waals surface area contributed by atoms with Crippen LogP contribution in [0, 0.1) is 5.92 Å². The lowest BCUT2D eigenvalue weighted by Crippen LogP contribution is -2.29. The molecule has 0 aliphatic heterocycles. The first-order valence-corrected chi connectivity index (χ1v) is 8.17. The zero-order chi connectivity index (χ0) is 14.7. The fourth-order valence-corrected chi connectivity index (χ4v) is 2.56. The molecule has 1 aromatic rings. The van der Waals surface area contributed by atoms with E-state index in [1.54, 1.807) is 7.11 Å². The maximum Gasteiger partial charge on any atom is 0.158 e. The number of nitrogens with one attached hydrogen (secondary N) is 1. The van der Waals surface area contributed by atoms with Gasteiger partial charge in [0.25, 0.3) is 0 Å². The van der Waals surface area contributed by atoms with E-state index >= 15 is 0 Å². The van der Waals surface area contributed by atoms with Crippen LogP contribution in [-0.2, 0) is 11.3 Å². The van der Waals surface area contributed by atoms with Crippen LogP contribution in [0.2, 0.25) is 0 Å². The van der Waals surface area contributed by atoms with Gasteiger partial charge in [0.15, 0.2) is 5.82 Å². The molecule has 0 amide bonds. The second kappa shape index (κ2) is 6.60. The summed E-state index contributed by atoms with van der Waals surface area (Å²) in [6.45, 7) is 4.72. The molecule has 0 aromatic carbocycles. The van der Waals surface area contributed by atoms with Crippen LogP contribution in [0.3, 0.4) is 0 Å². The molecule has 5 nitrogen and oxygen atoms in total. The number of aromatic nitrogens is 2. The number of nitrogens with zero attached hydrogens (tertiary/aromatic N) is 3. The van der Waals surface area contributed by atoms with E-state index in [1.165, 1.54) is 25.7 Å². The van der Waals surface area contributed by atoms with Gasteiger partial charge >= 0.3 is 0 Å². The van der Waals surface area contributed by atoms with Crippen molar-refractivity contribution in [3.8, 4) is 0 Å². The van der Waals surface area contributed by atoms with Gasteiger partial charge in [-0.15, -0.1) is 0 Å². The Balaban J connectivity index is 1.80. The third-order valence-electron chi connectivity index (χ3n) is 4.02. The molecular weight excluding hydrogens is 264 g/mol. The quantitative estimate of drug-likeness (QED) is 0.758. The van der Waals surface area contributed by atoms with E-state index in [9.17, 15) is 0 Å². The van der Waals surface area contributed by atoms with Crippen LogP contribution >= 0.6 is 0 Å². The fraction of sp³-hybridized carbons (Fsp3) is 0.750. The molecule has 2 fully saturated rings. The molecule has 1 aromatic heterocycles. The van der Waals surface area contributed by atoms with E-state index in [1.807, 2.05) is 0 Å². The summed E-state index contributed by atoms with van der Waals surface area (Å²) in [5.74, 6) is 3.65. The predicted molar refractivity (Wildman–Crippen MR) is 84.6 cm³/mol. The molecule has 0 spiro atoms. The largest absolute Gasteiger partial charge is 0.377 e. The maximum absolute atomic E-state index is 5.22. The Bertz CT molecular complexity index is 471. The molecule has 2 aliphatic rings. The molecule has 3 rings (SSSR count). The van der Waals surface area contributed by atoms with Gasteiger partial charge in [0.05, 0.1) is 0 Å². The van der Waals surface area contributed by atoms with Crippen molar-refractivity contribution in [2.24, 2.45) is 5.92 Å². The van der Waals surface area contributed by atoms with E-state index in [2.05, 4.69) is 28.2 Å². The van der Waals surface area contributed by atoms with Crippen molar-refractivity contribution >= 4 is 11.6 Å². The van der Waals surface area contributed by atoms with Gasteiger partial charge < -0.3 is 15.0 Å². The number of methoxy groups -OCH3 is 1. The topological polar surface area (TPSA) is 50.3 Å². The lowest BCUT2D eigenvalue weighted by atomic mass is 10.3. The lowest BCUT2D eigenvalue weighted by Gasteiger charge is -2.24. The second-order valence-electron chi connectivity index (χ2n) is 6.21. The van der Waals surface area contributed by atoms with Crippen molar-refractivity contribution in [2.45, 2.75) is 51.7 Å². The van der Waals surface area contributed by atoms with Gasteiger partial charge in [-0.1, -0.05) is 6.92 Å². The van der Waals surface area contributed by atoms with Gasteiger partial charge in [-0.3, -0.25) is 0 Å². The maximum atomic E-state index is 5.22. The number of ether oxygens (including phenoxy) is 1. The third-order valence-corrected chi connectivity index (χ3v) is 4.02. The van der Waals surface area contributed by atoms with Crippen molar-refractivity contribution in [1.82, 2.24) is 9.97 Å². The summed E-state index contributed by atoms with van der Waals surface area (Å²) in [4.78, 5) is 11.8. The number of anilines is 2. The molecule has 0 saturated heterocycles. The van der Waals surface area contributed by atoms with Crippen LogP contribution < -0.4 is 10.2 Å². The van der Waals surface area contributed by atoms with E-state index in [-0.39, 0.29) is 0 Å². The molecule has 1 N–H and O–H groups in total. The van der Waals surface area contributed by atoms with Crippen molar-refractivity contribution in [2.75, 3.05) is 30.4 Å². The minimum atomic E-state index is 0.469. The molecule has 116 valence electrons. The van der Waals surface area contributed by atoms with E-state index in [4.69, 9.17) is 9.72 Å². The Morgan fingerprint density at radius 1 is 1.29 bits per heavy atom. The standard InChI is InChI=1S/C16H26N4O/c1-3-8-17-14-9-16(19-15(18-14)11-21-2)20(13-6-7-13)10-12-4-5-12/h9,12-13H,3-8,10-11H2,1-2H3,(H,17,18,19). The minimum Gasteiger partial charge on any atom is -0.377 e. The van der Waals surface area contributed by atoms with Gasteiger partial charge in [-0.2, -0.15) is 0 Å². The normalized spacial score (nSPS) is 17.8. The van der Waals surface area contributed by atoms with Gasteiger partial charge in [-0.25, -0.2) is 9.97 Å². The third kappa shape index (κ3) is 4.06. The predicted octanol–water partition coefficient (Wildman–Crippen LogP) is 2.82. The Hall–Kier alpha value is -1.36. The summed E-state index contributed by atoms with van der Waals surface area (Å²) in [5.41, 5.74) is 0. The second-order valence-corrected chi connectivity index (χ2v) is 6.21. The van der Waals surface area contributed by atoms with E-state index in [0.717, 1.165) is 42.9 Å². The average molecular weight is 290 g/mol. The zero-order valence-corrected chi connectivity index (χ0v) is 13.1. The average Bonchev–Trinajstić information content (AvgIpc) is 3.36. The van der Waals surface area contributed by atoms with Crippen LogP contribution in [-0.4, -0.2) is 36.2 Å². The molecule has 1 heterocycles. The molecule has 5 heteroatoms. The molecule has 2 aliphatic carbocycles. The number of hydrogen-bond acceptors (Lipinski definition) is 5. The molecule has 0 bridgehead atoms. The highest BCUT2D eigenvalue weighted by atomic mass is 16.5. The first kappa shape index (κ1) is 14.6. The Kier molecular flexibility index (Phi) is 4.58. The smallest absolute Gasteiger partial charge is 0.158 e. The fourth-order valence-electron chi connectivity index (χ4n) is 2.56. The molecule has 0 atom stereocenters. The van der Waals surface area contributed by atoms with Crippen LogP contribution in [0.5, 0.6) is 0 Å². The first-order valence-electron chi connectivity index (χ1n) is 8.17. The number of hydrogen-bond donors (Lipinski definition) is 1. The van der Waals surface area contributed by atoms with E-state index in [0.29, 0.717) is 12.6 Å². The highest BCUT2D eigenvalue weighted by Gasteiger charge is 2.34. The summed E-state index contributed by atoms with van der Waals surface area (Å²) >= 11 is 0. The highest BCUT2D eigenvalue weighted by molar-refractivity contribution is 5.51. The summed E-state index contributed by atoms with van der Waals surface area (Å²) in [6.07, 6.45) is 6.44. The molecule has 2 saturated carbocycles. The Labute approximate surface area is 127 Å². The Morgan fingerprint density at radius 2 is 2.10 bits per heavy atom. The van der Waals surface area contributed by atoms with E-state index < -0.39 is 0 Å². The van der Waals surface area contributed by atoms with Crippen LogP contribution in [0.1, 0.15) is 44.9 Å². The first-order chi connectivity index (χ1) is 10.3. The summed E-state index contributed by atoms with van der Waals surface area (Å²) in [6, 6.07) is 2.80.